The molecule has 1 N–H and O–H groups in total. The normalized spacial score (nSPS) is 10.6. The van der Waals surface area contributed by atoms with Crippen LogP contribution in [0, 0.1) is 12.7 Å². The topological polar surface area (TPSA) is 80.7 Å². The molecular weight excluding hydrogens is 377 g/mol. The van der Waals surface area contributed by atoms with Gasteiger partial charge in [0.25, 0.3) is 5.91 Å². The van der Waals surface area contributed by atoms with Crippen molar-refractivity contribution < 1.29 is 9.18 Å². The van der Waals surface area contributed by atoms with E-state index in [2.05, 4.69) is 25.3 Å². The number of nitrogens with zero attached hydrogens (tertiary/aromatic N) is 4. The number of aromatic nitrogens is 4. The van der Waals surface area contributed by atoms with Crippen LogP contribution in [0.2, 0.25) is 0 Å². The van der Waals surface area contributed by atoms with E-state index in [4.69, 9.17) is 0 Å². The first kappa shape index (κ1) is 17.9. The van der Waals surface area contributed by atoms with Crippen molar-refractivity contribution in [1.29, 1.82) is 0 Å². The van der Waals surface area contributed by atoms with Crippen LogP contribution in [0.25, 0.3) is 21.8 Å². The predicted molar refractivity (Wildman–Crippen MR) is 105 cm³/mol. The van der Waals surface area contributed by atoms with Crippen molar-refractivity contribution in [3.63, 3.8) is 0 Å². The molecule has 0 atom stereocenters. The maximum Gasteiger partial charge on any atom is 0.259 e. The average molecular weight is 391 g/mol. The molecule has 0 saturated heterocycles. The SMILES string of the molecule is Cc1ccc(-c2nccs2)cc1-c1cnc(NC(=O)c2ccncc2F)cn1. The molecule has 8 heteroatoms. The van der Waals surface area contributed by atoms with E-state index in [1.54, 1.807) is 23.7 Å². The van der Waals surface area contributed by atoms with Crippen LogP contribution in [0.4, 0.5) is 10.2 Å². The molecule has 0 aliphatic carbocycles. The van der Waals surface area contributed by atoms with Crippen molar-refractivity contribution in [3.05, 3.63) is 77.6 Å². The van der Waals surface area contributed by atoms with Crippen molar-refractivity contribution >= 4 is 23.1 Å². The summed E-state index contributed by atoms with van der Waals surface area (Å²) in [7, 11) is 0. The molecule has 0 spiro atoms. The second kappa shape index (κ2) is 7.61. The lowest BCUT2D eigenvalue weighted by atomic mass is 10.0. The molecule has 1 amide bonds. The zero-order chi connectivity index (χ0) is 19.5. The molecule has 0 unspecified atom stereocenters. The Morgan fingerprint density at radius 3 is 2.68 bits per heavy atom. The van der Waals surface area contributed by atoms with E-state index in [0.29, 0.717) is 5.69 Å². The van der Waals surface area contributed by atoms with E-state index in [1.165, 1.54) is 18.5 Å². The molecule has 1 aromatic carbocycles. The number of nitrogens with one attached hydrogen (secondary N) is 1. The number of halogens is 1. The van der Waals surface area contributed by atoms with E-state index >= 15 is 0 Å². The molecule has 4 rings (SSSR count). The van der Waals surface area contributed by atoms with Gasteiger partial charge < -0.3 is 5.32 Å². The van der Waals surface area contributed by atoms with Gasteiger partial charge in [-0.3, -0.25) is 14.8 Å². The molecule has 6 nitrogen and oxygen atoms in total. The summed E-state index contributed by atoms with van der Waals surface area (Å²) in [4.78, 5) is 28.8. The smallest absolute Gasteiger partial charge is 0.259 e. The van der Waals surface area contributed by atoms with Crippen molar-refractivity contribution in [3.8, 4) is 21.8 Å². The largest absolute Gasteiger partial charge is 0.305 e. The van der Waals surface area contributed by atoms with Gasteiger partial charge in [0.2, 0.25) is 0 Å². The first-order valence-corrected chi connectivity index (χ1v) is 9.23. The molecule has 138 valence electrons. The van der Waals surface area contributed by atoms with Gasteiger partial charge in [-0.05, 0) is 24.6 Å². The highest BCUT2D eigenvalue weighted by Gasteiger charge is 2.13. The standard InChI is InChI=1S/C20H14FN5OS/c1-12-2-3-13(20-23-6-7-28-20)8-15(12)17-10-25-18(11-24-17)26-19(27)14-4-5-22-9-16(14)21/h2-11H,1H3,(H,25,26,27). The molecule has 0 aliphatic rings. The molecule has 0 bridgehead atoms. The summed E-state index contributed by atoms with van der Waals surface area (Å²) >= 11 is 1.56. The number of rotatable bonds is 4. The van der Waals surface area contributed by atoms with E-state index in [9.17, 15) is 9.18 Å². The van der Waals surface area contributed by atoms with Crippen molar-refractivity contribution in [2.75, 3.05) is 5.32 Å². The summed E-state index contributed by atoms with van der Waals surface area (Å²) in [6.45, 7) is 1.99. The lowest BCUT2D eigenvalue weighted by molar-refractivity contribution is 0.102. The highest BCUT2D eigenvalue weighted by atomic mass is 32.1. The molecule has 3 aromatic heterocycles. The quantitative estimate of drug-likeness (QED) is 0.559. The van der Waals surface area contributed by atoms with Gasteiger partial charge in [0.05, 0.1) is 29.8 Å². The molecule has 0 saturated carbocycles. The minimum absolute atomic E-state index is 0.104. The number of hydrogen-bond donors (Lipinski definition) is 1. The van der Waals surface area contributed by atoms with E-state index < -0.39 is 11.7 Å². The number of carbonyl (C=O) groups excluding carboxylic acids is 1. The first-order chi connectivity index (χ1) is 13.6. The van der Waals surface area contributed by atoms with Crippen LogP contribution in [-0.2, 0) is 0 Å². The first-order valence-electron chi connectivity index (χ1n) is 8.35. The lowest BCUT2D eigenvalue weighted by Crippen LogP contribution is -2.15. The number of aryl methyl sites for hydroxylation is 1. The van der Waals surface area contributed by atoms with Gasteiger partial charge in [0.1, 0.15) is 5.01 Å². The summed E-state index contributed by atoms with van der Waals surface area (Å²) in [5.41, 5.74) is 3.54. The third kappa shape index (κ3) is 3.63. The molecule has 0 radical (unpaired) electrons. The third-order valence-corrected chi connectivity index (χ3v) is 4.93. The van der Waals surface area contributed by atoms with Gasteiger partial charge in [0.15, 0.2) is 11.6 Å². The van der Waals surface area contributed by atoms with Crippen molar-refractivity contribution in [2.45, 2.75) is 6.92 Å². The predicted octanol–water partition coefficient (Wildman–Crippen LogP) is 4.36. The van der Waals surface area contributed by atoms with E-state index in [0.717, 1.165) is 27.9 Å². The Morgan fingerprint density at radius 2 is 1.96 bits per heavy atom. The molecular formula is C20H14FN5OS. The summed E-state index contributed by atoms with van der Waals surface area (Å²) in [5.74, 6) is -1.07. The number of benzene rings is 1. The minimum atomic E-state index is -0.695. The highest BCUT2D eigenvalue weighted by Crippen LogP contribution is 2.29. The van der Waals surface area contributed by atoms with Gasteiger partial charge in [-0.15, -0.1) is 11.3 Å². The van der Waals surface area contributed by atoms with E-state index in [-0.39, 0.29) is 11.4 Å². The zero-order valence-electron chi connectivity index (χ0n) is 14.8. The molecule has 4 aromatic rings. The van der Waals surface area contributed by atoms with Crippen LogP contribution >= 0.6 is 11.3 Å². The van der Waals surface area contributed by atoms with Gasteiger partial charge in [-0.25, -0.2) is 14.4 Å². The number of thiazole rings is 1. The summed E-state index contributed by atoms with van der Waals surface area (Å²) in [6.07, 6.45) is 7.13. The fraction of sp³-hybridized carbons (Fsp3) is 0.0500. The average Bonchev–Trinajstić information content (AvgIpc) is 3.24. The Labute approximate surface area is 164 Å². The minimum Gasteiger partial charge on any atom is -0.305 e. The molecule has 3 heterocycles. The zero-order valence-corrected chi connectivity index (χ0v) is 15.6. The summed E-state index contributed by atoms with van der Waals surface area (Å²) in [5, 5.41) is 5.39. The molecule has 0 aliphatic heterocycles. The summed E-state index contributed by atoms with van der Waals surface area (Å²) in [6, 6.07) is 7.35. The van der Waals surface area contributed by atoms with Gasteiger partial charge in [0, 0.05) is 28.9 Å². The van der Waals surface area contributed by atoms with Gasteiger partial charge in [-0.2, -0.15) is 0 Å². The highest BCUT2D eigenvalue weighted by molar-refractivity contribution is 7.13. The second-order valence-corrected chi connectivity index (χ2v) is 6.86. The molecule has 0 fully saturated rings. The Hall–Kier alpha value is -3.52. The molecule has 28 heavy (non-hydrogen) atoms. The van der Waals surface area contributed by atoms with E-state index in [1.807, 2.05) is 30.5 Å². The fourth-order valence-electron chi connectivity index (χ4n) is 2.67. The maximum absolute atomic E-state index is 13.7. The van der Waals surface area contributed by atoms with Crippen molar-refractivity contribution in [2.24, 2.45) is 0 Å². The Morgan fingerprint density at radius 1 is 1.07 bits per heavy atom. The fourth-order valence-corrected chi connectivity index (χ4v) is 3.31. The number of carbonyl (C=O) groups is 1. The Bertz CT molecular complexity index is 1130. The number of anilines is 1. The lowest BCUT2D eigenvalue weighted by Gasteiger charge is -2.09. The van der Waals surface area contributed by atoms with Crippen LogP contribution in [0.5, 0.6) is 0 Å². The van der Waals surface area contributed by atoms with Crippen LogP contribution in [0.15, 0.2) is 60.6 Å². The maximum atomic E-state index is 13.7. The Kier molecular flexibility index (Phi) is 4.86. The van der Waals surface area contributed by atoms with Crippen LogP contribution in [-0.4, -0.2) is 25.8 Å². The third-order valence-electron chi connectivity index (χ3n) is 4.10. The number of hydrogen-bond acceptors (Lipinski definition) is 6. The second-order valence-electron chi connectivity index (χ2n) is 5.96. The summed E-state index contributed by atoms with van der Waals surface area (Å²) < 4.78 is 13.7. The Balaban J connectivity index is 1.58. The number of pyridine rings is 1. The number of amides is 1. The van der Waals surface area contributed by atoms with Crippen LogP contribution in [0.3, 0.4) is 0 Å². The van der Waals surface area contributed by atoms with Gasteiger partial charge in [-0.1, -0.05) is 12.1 Å². The van der Waals surface area contributed by atoms with Gasteiger partial charge >= 0.3 is 0 Å². The van der Waals surface area contributed by atoms with Crippen molar-refractivity contribution in [1.82, 2.24) is 19.9 Å². The van der Waals surface area contributed by atoms with Crippen LogP contribution in [0.1, 0.15) is 15.9 Å². The van der Waals surface area contributed by atoms with Crippen LogP contribution < -0.4 is 5.32 Å². The monoisotopic (exact) mass is 391 g/mol.